The molecule has 2 fully saturated rings. The zero-order valence-corrected chi connectivity index (χ0v) is 24.2. The Hall–Kier alpha value is -2.97. The monoisotopic (exact) mass is 576 g/mol. The normalized spacial score (nSPS) is 19.9. The second-order valence-corrected chi connectivity index (χ2v) is 11.7. The molecule has 0 N–H and O–H groups in total. The molecule has 1 spiro atoms. The van der Waals surface area contributed by atoms with Crippen LogP contribution in [0.25, 0.3) is 0 Å². The second kappa shape index (κ2) is 11.6. The van der Waals surface area contributed by atoms with Gasteiger partial charge in [-0.25, -0.2) is 9.59 Å². The van der Waals surface area contributed by atoms with Gasteiger partial charge in [-0.3, -0.25) is 9.69 Å². The molecule has 2 aliphatic rings. The molecular weight excluding hydrogens is 543 g/mol. The van der Waals surface area contributed by atoms with Crippen molar-refractivity contribution in [3.05, 3.63) is 63.6 Å². The highest BCUT2D eigenvalue weighted by Gasteiger charge is 2.57. The van der Waals surface area contributed by atoms with Crippen molar-refractivity contribution in [2.45, 2.75) is 70.2 Å². The summed E-state index contributed by atoms with van der Waals surface area (Å²) in [5, 5.41) is 1.06. The van der Waals surface area contributed by atoms with E-state index in [4.69, 9.17) is 37.4 Å². The third-order valence-corrected chi connectivity index (χ3v) is 7.88. The number of carbonyl (C=O) groups is 3. The van der Waals surface area contributed by atoms with Crippen LogP contribution in [-0.4, -0.2) is 65.2 Å². The first-order valence-electron chi connectivity index (χ1n) is 13.0. The largest absolute Gasteiger partial charge is 0.489 e. The smallest absolute Gasteiger partial charge is 0.411 e. The molecule has 0 bridgehead atoms. The van der Waals surface area contributed by atoms with E-state index >= 15 is 0 Å². The number of hydrogen-bond acceptors (Lipinski definition) is 6. The molecule has 210 valence electrons. The van der Waals surface area contributed by atoms with Gasteiger partial charge in [-0.15, -0.1) is 0 Å². The summed E-state index contributed by atoms with van der Waals surface area (Å²) in [6, 6.07) is 11.7. The molecule has 8 nitrogen and oxygen atoms in total. The molecule has 0 aliphatic carbocycles. The highest BCUT2D eigenvalue weighted by Crippen LogP contribution is 2.41. The van der Waals surface area contributed by atoms with E-state index in [1.165, 1.54) is 7.11 Å². The van der Waals surface area contributed by atoms with Crippen molar-refractivity contribution >= 4 is 41.2 Å². The number of rotatable bonds is 7. The number of ether oxygens (including phenoxy) is 3. The lowest BCUT2D eigenvalue weighted by atomic mass is 9.94. The van der Waals surface area contributed by atoms with Crippen molar-refractivity contribution < 1.29 is 28.6 Å². The first-order chi connectivity index (χ1) is 18.4. The van der Waals surface area contributed by atoms with Gasteiger partial charge in [-0.05, 0) is 69.9 Å². The number of halogens is 2. The molecule has 2 aliphatic heterocycles. The van der Waals surface area contributed by atoms with Crippen molar-refractivity contribution in [1.29, 1.82) is 0 Å². The zero-order valence-electron chi connectivity index (χ0n) is 22.7. The lowest BCUT2D eigenvalue weighted by Gasteiger charge is -2.35. The maximum atomic E-state index is 13.8. The number of nitrogens with zero attached hydrogens (tertiary/aromatic N) is 2. The van der Waals surface area contributed by atoms with E-state index in [-0.39, 0.29) is 18.9 Å². The van der Waals surface area contributed by atoms with E-state index in [9.17, 15) is 14.4 Å². The van der Waals surface area contributed by atoms with E-state index in [2.05, 4.69) is 0 Å². The van der Waals surface area contributed by atoms with Crippen LogP contribution < -0.4 is 4.74 Å². The molecule has 39 heavy (non-hydrogen) atoms. The fourth-order valence-corrected chi connectivity index (χ4v) is 5.76. The molecule has 4 rings (SSSR count). The van der Waals surface area contributed by atoms with Crippen LogP contribution in [0.3, 0.4) is 0 Å². The Morgan fingerprint density at radius 3 is 2.31 bits per heavy atom. The number of benzene rings is 2. The molecule has 2 aromatic carbocycles. The summed E-state index contributed by atoms with van der Waals surface area (Å²) >= 11 is 12.5. The van der Waals surface area contributed by atoms with E-state index < -0.39 is 29.2 Å². The minimum atomic E-state index is -0.994. The molecule has 2 saturated heterocycles. The number of methoxy groups -OCH3 is 1. The van der Waals surface area contributed by atoms with Crippen molar-refractivity contribution in [3.8, 4) is 5.75 Å². The SMILES string of the molecule is COC(=O)[C@H](Cc1ccc(OCc2c(Cl)cccc2Cl)cc1)N1CC[C@]2(CCCN2C(=O)OC(C)(C)C)C1=O. The number of carbonyl (C=O) groups excluding carboxylic acids is 3. The Morgan fingerprint density at radius 2 is 1.69 bits per heavy atom. The van der Waals surface area contributed by atoms with Crippen LogP contribution in [0.15, 0.2) is 42.5 Å². The molecule has 2 aromatic rings. The summed E-state index contributed by atoms with van der Waals surface area (Å²) in [4.78, 5) is 42.7. The summed E-state index contributed by atoms with van der Waals surface area (Å²) < 4.78 is 16.5. The standard InChI is InChI=1S/C29H34Cl2N2O6/c1-28(2,3)39-27(36)33-15-6-13-29(33)14-16-32(26(29)35)24(25(34)37-4)17-19-9-11-20(12-10-19)38-18-21-22(30)7-5-8-23(21)31/h5,7-12,24H,6,13-18H2,1-4H3/t24-,29+/m0/s1. The van der Waals surface area contributed by atoms with Gasteiger partial charge in [-0.2, -0.15) is 0 Å². The molecule has 0 unspecified atom stereocenters. The molecule has 10 heteroatoms. The number of hydrogen-bond donors (Lipinski definition) is 0. The van der Waals surface area contributed by atoms with E-state index in [1.54, 1.807) is 60.9 Å². The maximum Gasteiger partial charge on any atom is 0.411 e. The Labute approximate surface area is 239 Å². The molecular formula is C29H34Cl2N2O6. The van der Waals surface area contributed by atoms with E-state index in [0.717, 1.165) is 5.56 Å². The van der Waals surface area contributed by atoms with Gasteiger partial charge in [0.2, 0.25) is 5.91 Å². The fourth-order valence-electron chi connectivity index (χ4n) is 5.25. The Morgan fingerprint density at radius 1 is 1.03 bits per heavy atom. The van der Waals surface area contributed by atoms with Crippen molar-refractivity contribution in [1.82, 2.24) is 9.80 Å². The Bertz CT molecular complexity index is 1210. The predicted octanol–water partition coefficient (Wildman–Crippen LogP) is 5.66. The Balaban J connectivity index is 1.47. The number of likely N-dealkylation sites (tertiary alicyclic amines) is 2. The maximum absolute atomic E-state index is 13.8. The molecule has 0 radical (unpaired) electrons. The third kappa shape index (κ3) is 6.28. The molecule has 0 aromatic heterocycles. The summed E-state index contributed by atoms with van der Waals surface area (Å²) in [6.07, 6.45) is 1.44. The fraction of sp³-hybridized carbons (Fsp3) is 0.483. The topological polar surface area (TPSA) is 85.4 Å². The van der Waals surface area contributed by atoms with Crippen LogP contribution in [0.2, 0.25) is 10.0 Å². The minimum absolute atomic E-state index is 0.209. The van der Waals surface area contributed by atoms with Crippen LogP contribution in [0.4, 0.5) is 4.79 Å². The van der Waals surface area contributed by atoms with Crippen LogP contribution in [0, 0.1) is 0 Å². The van der Waals surface area contributed by atoms with Crippen molar-refractivity contribution in [2.75, 3.05) is 20.2 Å². The first kappa shape index (κ1) is 29.0. The highest BCUT2D eigenvalue weighted by molar-refractivity contribution is 6.35. The summed E-state index contributed by atoms with van der Waals surface area (Å²) in [5.74, 6) is -0.131. The molecule has 2 heterocycles. The lowest BCUT2D eigenvalue weighted by molar-refractivity contribution is -0.153. The Kier molecular flexibility index (Phi) is 8.66. The van der Waals surface area contributed by atoms with Crippen LogP contribution in [0.5, 0.6) is 5.75 Å². The van der Waals surface area contributed by atoms with Gasteiger partial charge in [0.25, 0.3) is 0 Å². The van der Waals surface area contributed by atoms with Gasteiger partial charge >= 0.3 is 12.1 Å². The number of amides is 2. The molecule has 2 amide bonds. The predicted molar refractivity (Wildman–Crippen MR) is 148 cm³/mol. The summed E-state index contributed by atoms with van der Waals surface area (Å²) in [7, 11) is 1.31. The van der Waals surface area contributed by atoms with Gasteiger partial charge in [-0.1, -0.05) is 41.4 Å². The lowest BCUT2D eigenvalue weighted by Crippen LogP contribution is -2.56. The first-order valence-corrected chi connectivity index (χ1v) is 13.7. The average molecular weight is 578 g/mol. The van der Waals surface area contributed by atoms with Gasteiger partial charge in [0, 0.05) is 35.1 Å². The van der Waals surface area contributed by atoms with E-state index in [1.807, 2.05) is 12.1 Å². The number of esters is 1. The van der Waals surface area contributed by atoms with Gasteiger partial charge in [0.05, 0.1) is 7.11 Å². The average Bonchev–Trinajstić information content (AvgIpc) is 3.46. The van der Waals surface area contributed by atoms with Gasteiger partial charge < -0.3 is 19.1 Å². The quantitative estimate of drug-likeness (QED) is 0.395. The zero-order chi connectivity index (χ0) is 28.4. The van der Waals surface area contributed by atoms with Crippen molar-refractivity contribution in [3.63, 3.8) is 0 Å². The molecule has 2 atom stereocenters. The van der Waals surface area contributed by atoms with Gasteiger partial charge in [0.1, 0.15) is 29.5 Å². The van der Waals surface area contributed by atoms with Crippen molar-refractivity contribution in [2.24, 2.45) is 0 Å². The van der Waals surface area contributed by atoms with Crippen LogP contribution in [0.1, 0.15) is 51.2 Å². The van der Waals surface area contributed by atoms with Crippen LogP contribution in [-0.2, 0) is 32.1 Å². The highest BCUT2D eigenvalue weighted by atomic mass is 35.5. The molecule has 0 saturated carbocycles. The van der Waals surface area contributed by atoms with E-state index in [0.29, 0.717) is 53.7 Å². The second-order valence-electron chi connectivity index (χ2n) is 10.9. The minimum Gasteiger partial charge on any atom is -0.489 e. The third-order valence-electron chi connectivity index (χ3n) is 7.17. The van der Waals surface area contributed by atoms with Crippen LogP contribution >= 0.6 is 23.2 Å². The summed E-state index contributed by atoms with van der Waals surface area (Å²) in [5.41, 5.74) is -0.138. The summed E-state index contributed by atoms with van der Waals surface area (Å²) in [6.45, 7) is 6.39. The van der Waals surface area contributed by atoms with Gasteiger partial charge in [0.15, 0.2) is 0 Å².